The summed E-state index contributed by atoms with van der Waals surface area (Å²) in [6.07, 6.45) is -1.26. The van der Waals surface area contributed by atoms with Gasteiger partial charge in [0.05, 0.1) is 25.2 Å². The minimum atomic E-state index is -3.61. The molecule has 1 saturated heterocycles. The van der Waals surface area contributed by atoms with E-state index in [-0.39, 0.29) is 29.7 Å². The number of ether oxygens (including phenoxy) is 3. The monoisotopic (exact) mass is 651 g/mol. The van der Waals surface area contributed by atoms with Gasteiger partial charge in [0.15, 0.2) is 5.78 Å². The van der Waals surface area contributed by atoms with Crippen LogP contribution in [0.1, 0.15) is 93.6 Å². The zero-order chi connectivity index (χ0) is 34.8. The molecule has 12 heteroatoms. The summed E-state index contributed by atoms with van der Waals surface area (Å²) in [6, 6.07) is 2.11. The van der Waals surface area contributed by atoms with E-state index in [1.807, 2.05) is 6.92 Å². The quantitative estimate of drug-likeness (QED) is 0.259. The molecule has 2 heterocycles. The molecule has 1 N–H and O–H groups in total. The highest BCUT2D eigenvalue weighted by Gasteiger charge is 2.50. The first-order chi connectivity index (χ1) is 21.3. The summed E-state index contributed by atoms with van der Waals surface area (Å²) < 4.78 is 64.1. The van der Waals surface area contributed by atoms with Crippen LogP contribution in [0.15, 0.2) is 18.2 Å². The molecule has 0 aliphatic carbocycles. The third kappa shape index (κ3) is 8.04. The Morgan fingerprint density at radius 2 is 1.78 bits per heavy atom. The second-order valence-electron chi connectivity index (χ2n) is 13.8. The lowest BCUT2D eigenvalue weighted by atomic mass is 9.85. The largest absolute Gasteiger partial charge is 0.497 e. The van der Waals surface area contributed by atoms with Gasteiger partial charge < -0.3 is 24.4 Å². The van der Waals surface area contributed by atoms with Crippen molar-refractivity contribution in [1.29, 1.82) is 0 Å². The second-order valence-corrected chi connectivity index (χ2v) is 13.8. The molecule has 1 fully saturated rings. The van der Waals surface area contributed by atoms with Crippen LogP contribution in [0.4, 0.5) is 18.0 Å². The molecule has 2 aromatic rings. The predicted octanol–water partition coefficient (Wildman–Crippen LogP) is 7.18. The van der Waals surface area contributed by atoms with Crippen molar-refractivity contribution in [3.63, 3.8) is 0 Å². The van der Waals surface area contributed by atoms with E-state index in [9.17, 15) is 14.4 Å². The van der Waals surface area contributed by atoms with Crippen molar-refractivity contribution in [2.75, 3.05) is 13.7 Å². The number of rotatable bonds is 12. The molecule has 0 saturated carbocycles. The standard InChI is InChI=1S/C34H48F3N3O6/c1-11-13-16-34(36,37)25-26(35)22-15-14-21(44-10)17-23(22)38-29(25)45-24-18-40(27(19(24)3)20(4)41)30(42)28(32(5,6)7)39-31(43)46-33(8,9)12-2/h14-15,17,19,24,27-28H,11-13,16,18H2,1-10H3,(H,39,43). The third-order valence-electron chi connectivity index (χ3n) is 8.66. The Balaban J connectivity index is 2.05. The number of hydrogen-bond donors (Lipinski definition) is 1. The molecular formula is C34H48F3N3O6. The van der Waals surface area contributed by atoms with Gasteiger partial charge in [-0.05, 0) is 51.2 Å². The summed E-state index contributed by atoms with van der Waals surface area (Å²) in [5.74, 6) is -6.63. The van der Waals surface area contributed by atoms with Crippen LogP contribution in [0.5, 0.6) is 11.6 Å². The molecule has 1 aromatic heterocycles. The van der Waals surface area contributed by atoms with Gasteiger partial charge in [-0.25, -0.2) is 22.9 Å². The number of carbonyl (C=O) groups excluding carboxylic acids is 3. The van der Waals surface area contributed by atoms with Crippen LogP contribution in [0, 0.1) is 17.2 Å². The van der Waals surface area contributed by atoms with Crippen LogP contribution in [-0.4, -0.2) is 65.1 Å². The number of hydrogen-bond acceptors (Lipinski definition) is 7. The number of halogens is 3. The van der Waals surface area contributed by atoms with Crippen LogP contribution in [0.25, 0.3) is 10.9 Å². The van der Waals surface area contributed by atoms with E-state index in [0.717, 1.165) is 0 Å². The number of methoxy groups -OCH3 is 1. The first-order valence-electron chi connectivity index (χ1n) is 15.8. The summed E-state index contributed by atoms with van der Waals surface area (Å²) >= 11 is 0. The van der Waals surface area contributed by atoms with Gasteiger partial charge in [-0.3, -0.25) is 9.59 Å². The highest BCUT2D eigenvalue weighted by molar-refractivity contribution is 5.92. The van der Waals surface area contributed by atoms with Crippen molar-refractivity contribution in [3.8, 4) is 11.6 Å². The summed E-state index contributed by atoms with van der Waals surface area (Å²) in [4.78, 5) is 45.5. The number of Topliss-reactive ketones (excluding diaryl/α,β-unsaturated/α-hetero) is 1. The second kappa shape index (κ2) is 14.0. The Morgan fingerprint density at radius 1 is 1.13 bits per heavy atom. The normalized spacial score (nSPS) is 19.6. The molecule has 46 heavy (non-hydrogen) atoms. The molecule has 2 amide bonds. The minimum Gasteiger partial charge on any atom is -0.497 e. The number of pyridine rings is 1. The average molecular weight is 652 g/mol. The summed E-state index contributed by atoms with van der Waals surface area (Å²) in [5.41, 5.74) is -2.49. The summed E-state index contributed by atoms with van der Waals surface area (Å²) in [7, 11) is 1.42. The lowest BCUT2D eigenvalue weighted by molar-refractivity contribution is -0.141. The van der Waals surface area contributed by atoms with Gasteiger partial charge in [-0.2, -0.15) is 0 Å². The van der Waals surface area contributed by atoms with E-state index in [2.05, 4.69) is 10.3 Å². The van der Waals surface area contributed by atoms with Gasteiger partial charge in [0, 0.05) is 23.8 Å². The number of benzene rings is 1. The first kappa shape index (κ1) is 36.9. The molecule has 4 unspecified atom stereocenters. The van der Waals surface area contributed by atoms with E-state index >= 15 is 13.2 Å². The Morgan fingerprint density at radius 3 is 2.33 bits per heavy atom. The highest BCUT2D eigenvalue weighted by atomic mass is 19.3. The molecule has 4 atom stereocenters. The number of amides is 2. The van der Waals surface area contributed by atoms with Crippen molar-refractivity contribution in [2.24, 2.45) is 11.3 Å². The number of likely N-dealkylation sites (tertiary alicyclic amines) is 1. The SMILES string of the molecule is CCCCC(F)(F)c1c(OC2CN(C(=O)C(NC(=O)OC(C)(C)CC)C(C)(C)C)C(C(C)=O)C2C)nc2cc(OC)ccc2c1F. The van der Waals surface area contributed by atoms with Gasteiger partial charge >= 0.3 is 6.09 Å². The Kier molecular flexibility index (Phi) is 11.3. The van der Waals surface area contributed by atoms with Crippen molar-refractivity contribution >= 4 is 28.7 Å². The van der Waals surface area contributed by atoms with Gasteiger partial charge in [-0.1, -0.05) is 48.0 Å². The fraction of sp³-hybridized carbons (Fsp3) is 0.647. The Hall–Kier alpha value is -3.57. The lowest BCUT2D eigenvalue weighted by Gasteiger charge is -2.36. The fourth-order valence-corrected chi connectivity index (χ4v) is 5.59. The zero-order valence-electron chi connectivity index (χ0n) is 28.6. The lowest BCUT2D eigenvalue weighted by Crippen LogP contribution is -2.57. The summed E-state index contributed by atoms with van der Waals surface area (Å²) in [6.45, 7) is 15.2. The maximum Gasteiger partial charge on any atom is 0.408 e. The molecular weight excluding hydrogens is 603 g/mol. The molecule has 256 valence electrons. The Bertz CT molecular complexity index is 1440. The number of fused-ring (bicyclic) bond motifs is 1. The van der Waals surface area contributed by atoms with Crippen molar-refractivity contribution in [2.45, 2.75) is 118 Å². The average Bonchev–Trinajstić information content (AvgIpc) is 3.28. The highest BCUT2D eigenvalue weighted by Crippen LogP contribution is 2.44. The van der Waals surface area contributed by atoms with Gasteiger partial charge in [-0.15, -0.1) is 0 Å². The number of nitrogens with zero attached hydrogens (tertiary/aromatic N) is 2. The topological polar surface area (TPSA) is 107 Å². The third-order valence-corrected chi connectivity index (χ3v) is 8.66. The number of aromatic nitrogens is 1. The minimum absolute atomic E-state index is 0.0501. The van der Waals surface area contributed by atoms with Gasteiger partial charge in [0.1, 0.15) is 34.9 Å². The van der Waals surface area contributed by atoms with E-state index in [1.54, 1.807) is 48.5 Å². The molecule has 0 radical (unpaired) electrons. The smallest absolute Gasteiger partial charge is 0.408 e. The predicted molar refractivity (Wildman–Crippen MR) is 169 cm³/mol. The zero-order valence-corrected chi connectivity index (χ0v) is 28.6. The number of nitrogens with one attached hydrogen (secondary N) is 1. The fourth-order valence-electron chi connectivity index (χ4n) is 5.59. The first-order valence-corrected chi connectivity index (χ1v) is 15.8. The van der Waals surface area contributed by atoms with Crippen LogP contribution >= 0.6 is 0 Å². The molecule has 1 aromatic carbocycles. The van der Waals surface area contributed by atoms with Crippen molar-refractivity contribution in [3.05, 3.63) is 29.6 Å². The van der Waals surface area contributed by atoms with Crippen LogP contribution in [0.2, 0.25) is 0 Å². The number of unbranched alkanes of at least 4 members (excludes halogenated alkanes) is 1. The Labute approximate surface area is 269 Å². The molecule has 0 bridgehead atoms. The maximum atomic E-state index is 16.0. The van der Waals surface area contributed by atoms with Crippen LogP contribution in [0.3, 0.4) is 0 Å². The van der Waals surface area contributed by atoms with E-state index in [1.165, 1.54) is 37.1 Å². The molecule has 1 aliphatic rings. The van der Waals surface area contributed by atoms with Crippen LogP contribution < -0.4 is 14.8 Å². The molecule has 9 nitrogen and oxygen atoms in total. The molecule has 0 spiro atoms. The molecule has 3 rings (SSSR count). The van der Waals surface area contributed by atoms with E-state index in [4.69, 9.17) is 14.2 Å². The number of carbonyl (C=O) groups is 3. The van der Waals surface area contributed by atoms with Gasteiger partial charge in [0.25, 0.3) is 5.92 Å². The number of ketones is 1. The van der Waals surface area contributed by atoms with Gasteiger partial charge in [0.2, 0.25) is 11.8 Å². The van der Waals surface area contributed by atoms with Crippen LogP contribution in [-0.2, 0) is 20.2 Å². The van der Waals surface area contributed by atoms with E-state index in [0.29, 0.717) is 18.6 Å². The number of alkyl halides is 2. The van der Waals surface area contributed by atoms with Crippen molar-refractivity contribution in [1.82, 2.24) is 15.2 Å². The summed E-state index contributed by atoms with van der Waals surface area (Å²) in [5, 5.41) is 2.56. The maximum absolute atomic E-state index is 16.0. The molecule has 1 aliphatic heterocycles. The van der Waals surface area contributed by atoms with Crippen molar-refractivity contribution < 1.29 is 41.8 Å². The number of alkyl carbamates (subject to hydrolysis) is 1. The van der Waals surface area contributed by atoms with E-state index < -0.39 is 76.7 Å².